The van der Waals surface area contributed by atoms with Crippen molar-refractivity contribution in [2.45, 2.75) is 38.8 Å². The summed E-state index contributed by atoms with van der Waals surface area (Å²) in [7, 11) is 0. The number of benzene rings is 1. The second-order valence-corrected chi connectivity index (χ2v) is 7.05. The summed E-state index contributed by atoms with van der Waals surface area (Å²) >= 11 is 1.45. The highest BCUT2D eigenvalue weighted by Gasteiger charge is 2.16. The van der Waals surface area contributed by atoms with E-state index in [1.807, 2.05) is 20.1 Å². The third-order valence-electron chi connectivity index (χ3n) is 4.30. The lowest BCUT2D eigenvalue weighted by Gasteiger charge is -2.11. The van der Waals surface area contributed by atoms with Crippen LogP contribution in [0.2, 0.25) is 0 Å². The number of thioether (sulfide) groups is 1. The van der Waals surface area contributed by atoms with Crippen molar-refractivity contribution in [3.63, 3.8) is 0 Å². The van der Waals surface area contributed by atoms with Crippen LogP contribution in [0.15, 0.2) is 23.4 Å². The van der Waals surface area contributed by atoms with Gasteiger partial charge in [0.25, 0.3) is 11.6 Å². The van der Waals surface area contributed by atoms with Gasteiger partial charge in [0.2, 0.25) is 0 Å². The summed E-state index contributed by atoms with van der Waals surface area (Å²) < 4.78 is 5.01. The SMILES string of the molecule is CSc1nc(C)c(CCC(=O)OCC(=O)Nc2cccc([N+](=O)[O-])c2C)c(C)n1. The van der Waals surface area contributed by atoms with Crippen molar-refractivity contribution < 1.29 is 19.2 Å². The van der Waals surface area contributed by atoms with Crippen molar-refractivity contribution in [1.29, 1.82) is 0 Å². The number of nitro benzene ring substituents is 1. The summed E-state index contributed by atoms with van der Waals surface area (Å²) in [4.78, 5) is 43.2. The zero-order valence-corrected chi connectivity index (χ0v) is 17.5. The van der Waals surface area contributed by atoms with Crippen LogP contribution in [0.3, 0.4) is 0 Å². The van der Waals surface area contributed by atoms with Crippen molar-refractivity contribution in [2.75, 3.05) is 18.2 Å². The number of nitrogens with one attached hydrogen (secondary N) is 1. The number of nitrogens with zero attached hydrogens (tertiary/aromatic N) is 3. The van der Waals surface area contributed by atoms with Crippen LogP contribution in [0.4, 0.5) is 11.4 Å². The van der Waals surface area contributed by atoms with E-state index in [2.05, 4.69) is 15.3 Å². The molecule has 0 radical (unpaired) electrons. The molecule has 2 rings (SSSR count). The maximum Gasteiger partial charge on any atom is 0.306 e. The van der Waals surface area contributed by atoms with E-state index < -0.39 is 23.4 Å². The zero-order chi connectivity index (χ0) is 21.6. The molecule has 29 heavy (non-hydrogen) atoms. The Labute approximate surface area is 172 Å². The topological polar surface area (TPSA) is 124 Å². The number of carbonyl (C=O) groups is 2. The van der Waals surface area contributed by atoms with Crippen molar-refractivity contribution in [1.82, 2.24) is 9.97 Å². The van der Waals surface area contributed by atoms with Crippen LogP contribution < -0.4 is 5.32 Å². The Morgan fingerprint density at radius 2 is 1.86 bits per heavy atom. The van der Waals surface area contributed by atoms with Gasteiger partial charge in [-0.05, 0) is 45.1 Å². The van der Waals surface area contributed by atoms with Gasteiger partial charge >= 0.3 is 5.97 Å². The van der Waals surface area contributed by atoms with Crippen molar-refractivity contribution in [3.8, 4) is 0 Å². The fourth-order valence-electron chi connectivity index (χ4n) is 2.75. The van der Waals surface area contributed by atoms with E-state index >= 15 is 0 Å². The van der Waals surface area contributed by atoms with E-state index in [0.717, 1.165) is 17.0 Å². The molecular formula is C19H22N4O5S. The highest BCUT2D eigenvalue weighted by Crippen LogP contribution is 2.25. The van der Waals surface area contributed by atoms with E-state index in [9.17, 15) is 19.7 Å². The van der Waals surface area contributed by atoms with Crippen LogP contribution in [0, 0.1) is 30.9 Å². The van der Waals surface area contributed by atoms with Crippen molar-refractivity contribution in [3.05, 3.63) is 50.8 Å². The number of amides is 1. The molecule has 0 aliphatic heterocycles. The molecule has 10 heteroatoms. The van der Waals surface area contributed by atoms with E-state index in [1.165, 1.54) is 30.8 Å². The standard InChI is InChI=1S/C19H22N4O5S/c1-11-15(6-5-7-16(11)23(26)27)22-17(24)10-28-18(25)9-8-14-12(2)20-19(29-4)21-13(14)3/h5-7H,8-10H2,1-4H3,(H,22,24). The average Bonchev–Trinajstić information content (AvgIpc) is 2.66. The number of hydrogen-bond acceptors (Lipinski definition) is 8. The zero-order valence-electron chi connectivity index (χ0n) is 16.6. The van der Waals surface area contributed by atoms with Gasteiger partial charge in [-0.3, -0.25) is 19.7 Å². The van der Waals surface area contributed by atoms with Gasteiger partial charge in [-0.2, -0.15) is 0 Å². The molecule has 0 unspecified atom stereocenters. The number of esters is 1. The molecule has 154 valence electrons. The van der Waals surface area contributed by atoms with Crippen LogP contribution in [0.25, 0.3) is 0 Å². The molecule has 1 aromatic heterocycles. The Balaban J connectivity index is 1.88. The summed E-state index contributed by atoms with van der Waals surface area (Å²) in [5.41, 5.74) is 3.05. The Morgan fingerprint density at radius 3 is 2.45 bits per heavy atom. The van der Waals surface area contributed by atoms with E-state index in [4.69, 9.17) is 4.74 Å². The monoisotopic (exact) mass is 418 g/mol. The molecule has 0 bridgehead atoms. The van der Waals surface area contributed by atoms with Gasteiger partial charge in [-0.1, -0.05) is 17.8 Å². The molecule has 0 saturated carbocycles. The van der Waals surface area contributed by atoms with Crippen molar-refractivity contribution >= 4 is 35.0 Å². The predicted octanol–water partition coefficient (Wildman–Crippen LogP) is 3.15. The van der Waals surface area contributed by atoms with Gasteiger partial charge < -0.3 is 10.1 Å². The Hall–Kier alpha value is -3.01. The largest absolute Gasteiger partial charge is 0.456 e. The van der Waals surface area contributed by atoms with Crippen molar-refractivity contribution in [2.24, 2.45) is 0 Å². The van der Waals surface area contributed by atoms with Crippen LogP contribution in [-0.4, -0.2) is 39.6 Å². The van der Waals surface area contributed by atoms with Gasteiger partial charge in [0.15, 0.2) is 11.8 Å². The van der Waals surface area contributed by atoms with Gasteiger partial charge in [-0.15, -0.1) is 0 Å². The number of ether oxygens (including phenoxy) is 1. The lowest BCUT2D eigenvalue weighted by atomic mass is 10.1. The lowest BCUT2D eigenvalue weighted by molar-refractivity contribution is -0.385. The maximum atomic E-state index is 12.0. The molecule has 0 saturated heterocycles. The summed E-state index contributed by atoms with van der Waals surface area (Å²) in [6.07, 6.45) is 2.40. The lowest BCUT2D eigenvalue weighted by Crippen LogP contribution is -2.21. The third kappa shape index (κ3) is 5.98. The highest BCUT2D eigenvalue weighted by molar-refractivity contribution is 7.98. The number of aryl methyl sites for hydroxylation is 2. The normalized spacial score (nSPS) is 10.5. The van der Waals surface area contributed by atoms with Gasteiger partial charge in [-0.25, -0.2) is 9.97 Å². The smallest absolute Gasteiger partial charge is 0.306 e. The molecule has 0 aliphatic carbocycles. The molecular weight excluding hydrogens is 396 g/mol. The molecule has 0 atom stereocenters. The second kappa shape index (κ2) is 9.97. The third-order valence-corrected chi connectivity index (χ3v) is 4.85. The van der Waals surface area contributed by atoms with Crippen LogP contribution in [-0.2, 0) is 20.7 Å². The van der Waals surface area contributed by atoms with Crippen LogP contribution in [0.5, 0.6) is 0 Å². The Bertz CT molecular complexity index is 925. The molecule has 1 N–H and O–H groups in total. The fourth-order valence-corrected chi connectivity index (χ4v) is 3.21. The first kappa shape index (κ1) is 22.3. The first-order valence-electron chi connectivity index (χ1n) is 8.80. The van der Waals surface area contributed by atoms with Crippen LogP contribution >= 0.6 is 11.8 Å². The minimum absolute atomic E-state index is 0.0901. The molecule has 9 nitrogen and oxygen atoms in total. The number of hydrogen-bond donors (Lipinski definition) is 1. The molecule has 0 fully saturated rings. The number of carbonyl (C=O) groups excluding carboxylic acids is 2. The second-order valence-electron chi connectivity index (χ2n) is 6.28. The summed E-state index contributed by atoms with van der Waals surface area (Å²) in [5, 5.41) is 14.2. The molecule has 1 amide bonds. The number of aromatic nitrogens is 2. The highest BCUT2D eigenvalue weighted by atomic mass is 32.2. The Kier molecular flexibility index (Phi) is 7.66. The minimum atomic E-state index is -0.568. The molecule has 0 aliphatic rings. The first-order valence-corrected chi connectivity index (χ1v) is 10.0. The molecule has 0 spiro atoms. The number of nitro groups is 1. The summed E-state index contributed by atoms with van der Waals surface area (Å²) in [6, 6.07) is 4.37. The number of rotatable bonds is 8. The molecule has 1 heterocycles. The minimum Gasteiger partial charge on any atom is -0.456 e. The first-order chi connectivity index (χ1) is 13.7. The van der Waals surface area contributed by atoms with Crippen LogP contribution in [0.1, 0.15) is 28.9 Å². The summed E-state index contributed by atoms with van der Waals surface area (Å²) in [5.74, 6) is -1.09. The molecule has 1 aromatic carbocycles. The maximum absolute atomic E-state index is 12.0. The predicted molar refractivity (Wildman–Crippen MR) is 109 cm³/mol. The van der Waals surface area contributed by atoms with E-state index in [0.29, 0.717) is 22.8 Å². The van der Waals surface area contributed by atoms with Gasteiger partial charge in [0.1, 0.15) is 0 Å². The number of anilines is 1. The summed E-state index contributed by atoms with van der Waals surface area (Å²) in [6.45, 7) is 4.80. The average molecular weight is 418 g/mol. The van der Waals surface area contributed by atoms with Gasteiger partial charge in [0.05, 0.1) is 16.2 Å². The fraction of sp³-hybridized carbons (Fsp3) is 0.368. The molecule has 2 aromatic rings. The quantitative estimate of drug-likeness (QED) is 0.228. The van der Waals surface area contributed by atoms with Gasteiger partial charge in [0, 0.05) is 23.9 Å². The Morgan fingerprint density at radius 1 is 1.21 bits per heavy atom. The van der Waals surface area contributed by atoms with E-state index in [1.54, 1.807) is 6.07 Å². The van der Waals surface area contributed by atoms with E-state index in [-0.39, 0.29) is 12.1 Å².